The van der Waals surface area contributed by atoms with Crippen LogP contribution in [0.4, 0.5) is 0 Å². The third-order valence-corrected chi connectivity index (χ3v) is 3.58. The second-order valence-corrected chi connectivity index (χ2v) is 4.96. The summed E-state index contributed by atoms with van der Waals surface area (Å²) in [6.07, 6.45) is 8.11. The van der Waals surface area contributed by atoms with E-state index in [-0.39, 0.29) is 5.78 Å². The Balaban J connectivity index is 2.07. The zero-order chi connectivity index (χ0) is 14.5. The van der Waals surface area contributed by atoms with Crippen molar-refractivity contribution in [3.05, 3.63) is 35.9 Å². The molecule has 5 heteroatoms. The lowest BCUT2D eigenvalue weighted by Gasteiger charge is -2.12. The number of nitrogens with zero attached hydrogens (tertiary/aromatic N) is 4. The Labute approximate surface area is 119 Å². The number of carbonyl (C=O) groups excluding carboxylic acids is 1. The molecule has 20 heavy (non-hydrogen) atoms. The summed E-state index contributed by atoms with van der Waals surface area (Å²) in [4.78, 5) is 11.6. The van der Waals surface area contributed by atoms with Crippen molar-refractivity contribution in [1.29, 1.82) is 0 Å². The van der Waals surface area contributed by atoms with Gasteiger partial charge in [-0.15, -0.1) is 0 Å². The molecule has 0 radical (unpaired) electrons. The predicted molar refractivity (Wildman–Crippen MR) is 77.8 cm³/mol. The summed E-state index contributed by atoms with van der Waals surface area (Å²) < 4.78 is 3.79. The molecule has 0 atom stereocenters. The van der Waals surface area contributed by atoms with Crippen LogP contribution >= 0.6 is 0 Å². The number of ketones is 1. The Kier molecular flexibility index (Phi) is 4.71. The highest BCUT2D eigenvalue weighted by Crippen LogP contribution is 2.15. The van der Waals surface area contributed by atoms with E-state index in [1.807, 2.05) is 23.9 Å². The third kappa shape index (κ3) is 3.15. The molecule has 0 unspecified atom stereocenters. The summed E-state index contributed by atoms with van der Waals surface area (Å²) in [6, 6.07) is 2.47. The molecule has 0 amide bonds. The molecule has 0 saturated heterocycles. The molecule has 5 nitrogen and oxygen atoms in total. The van der Waals surface area contributed by atoms with Crippen molar-refractivity contribution in [3.8, 4) is 0 Å². The average molecular weight is 274 g/mol. The molecule has 0 spiro atoms. The predicted octanol–water partition coefficient (Wildman–Crippen LogP) is 3.08. The first kappa shape index (κ1) is 14.5. The first-order chi connectivity index (χ1) is 9.67. The van der Waals surface area contributed by atoms with Crippen LogP contribution in [0.3, 0.4) is 0 Å². The van der Waals surface area contributed by atoms with Gasteiger partial charge in [0, 0.05) is 18.8 Å². The number of rotatable bonds is 7. The third-order valence-electron chi connectivity index (χ3n) is 3.58. The number of hydrogen-bond donors (Lipinski definition) is 0. The normalized spacial score (nSPS) is 11.2. The van der Waals surface area contributed by atoms with Gasteiger partial charge in [-0.25, -0.2) is 0 Å². The lowest BCUT2D eigenvalue weighted by atomic mass is 10.2. The molecular weight excluding hydrogens is 252 g/mol. The van der Waals surface area contributed by atoms with Crippen LogP contribution < -0.4 is 0 Å². The second kappa shape index (κ2) is 6.50. The summed E-state index contributed by atoms with van der Waals surface area (Å²) in [6.45, 7) is 6.80. The fourth-order valence-corrected chi connectivity index (χ4v) is 2.29. The molecule has 0 aliphatic heterocycles. The van der Waals surface area contributed by atoms with E-state index in [4.69, 9.17) is 0 Å². The van der Waals surface area contributed by atoms with Gasteiger partial charge in [0.25, 0.3) is 0 Å². The molecule has 0 aliphatic carbocycles. The quantitative estimate of drug-likeness (QED) is 0.729. The standard InChI is InChI=1S/C15H22N4O/c1-4-14(5-2)19-8-7-13(17-19)11-18-10-12(9-16-18)15(20)6-3/h7-10,14H,4-6,11H2,1-3H3. The Morgan fingerprint density at radius 3 is 2.70 bits per heavy atom. The van der Waals surface area contributed by atoms with Gasteiger partial charge in [0.1, 0.15) is 0 Å². The van der Waals surface area contributed by atoms with Gasteiger partial charge in [0.05, 0.1) is 30.0 Å². The molecule has 0 saturated carbocycles. The molecule has 108 valence electrons. The lowest BCUT2D eigenvalue weighted by molar-refractivity contribution is 0.0988. The van der Waals surface area contributed by atoms with E-state index in [1.54, 1.807) is 17.1 Å². The Morgan fingerprint density at radius 1 is 1.30 bits per heavy atom. The van der Waals surface area contributed by atoms with Gasteiger partial charge < -0.3 is 0 Å². The zero-order valence-corrected chi connectivity index (χ0v) is 12.4. The summed E-state index contributed by atoms with van der Waals surface area (Å²) >= 11 is 0. The summed E-state index contributed by atoms with van der Waals surface area (Å²) in [7, 11) is 0. The largest absolute Gasteiger partial charge is 0.294 e. The number of hydrogen-bond acceptors (Lipinski definition) is 3. The number of carbonyl (C=O) groups is 1. The van der Waals surface area contributed by atoms with Gasteiger partial charge in [-0.1, -0.05) is 20.8 Å². The van der Waals surface area contributed by atoms with Crippen molar-refractivity contribution >= 4 is 5.78 Å². The molecule has 2 aromatic heterocycles. The molecule has 0 aromatic carbocycles. The van der Waals surface area contributed by atoms with Crippen LogP contribution in [0.25, 0.3) is 0 Å². The minimum atomic E-state index is 0.124. The van der Waals surface area contributed by atoms with E-state index in [0.717, 1.165) is 18.5 Å². The van der Waals surface area contributed by atoms with Gasteiger partial charge in [0.2, 0.25) is 0 Å². The Bertz CT molecular complexity index is 566. The van der Waals surface area contributed by atoms with Gasteiger partial charge in [-0.2, -0.15) is 10.2 Å². The van der Waals surface area contributed by atoms with Crippen LogP contribution in [0.1, 0.15) is 62.1 Å². The summed E-state index contributed by atoms with van der Waals surface area (Å²) in [5, 5.41) is 8.81. The lowest BCUT2D eigenvalue weighted by Crippen LogP contribution is -2.09. The topological polar surface area (TPSA) is 52.7 Å². The van der Waals surface area contributed by atoms with Gasteiger partial charge in [-0.3, -0.25) is 14.2 Å². The first-order valence-electron chi connectivity index (χ1n) is 7.27. The van der Waals surface area contributed by atoms with Crippen LogP contribution in [-0.4, -0.2) is 25.3 Å². The second-order valence-electron chi connectivity index (χ2n) is 4.96. The first-order valence-corrected chi connectivity index (χ1v) is 7.27. The minimum Gasteiger partial charge on any atom is -0.294 e. The van der Waals surface area contributed by atoms with Gasteiger partial charge in [0.15, 0.2) is 5.78 Å². The van der Waals surface area contributed by atoms with Crippen molar-refractivity contribution < 1.29 is 4.79 Å². The number of aromatic nitrogens is 4. The van der Waals surface area contributed by atoms with E-state index in [9.17, 15) is 4.79 Å². The maximum atomic E-state index is 11.6. The molecular formula is C15H22N4O. The molecule has 2 aromatic rings. The summed E-state index contributed by atoms with van der Waals surface area (Å²) in [5.74, 6) is 0.124. The highest BCUT2D eigenvalue weighted by molar-refractivity contribution is 5.95. The van der Waals surface area contributed by atoms with Crippen molar-refractivity contribution in [1.82, 2.24) is 19.6 Å². The molecule has 0 aliphatic rings. The number of Topliss-reactive ketones (excluding diaryl/α,β-unsaturated/α-hetero) is 1. The van der Waals surface area contributed by atoms with Crippen molar-refractivity contribution in [3.63, 3.8) is 0 Å². The highest BCUT2D eigenvalue weighted by Gasteiger charge is 2.10. The van der Waals surface area contributed by atoms with Crippen molar-refractivity contribution in [2.45, 2.75) is 52.6 Å². The van der Waals surface area contributed by atoms with Crippen LogP contribution in [-0.2, 0) is 6.54 Å². The molecule has 0 fully saturated rings. The maximum Gasteiger partial charge on any atom is 0.165 e. The van der Waals surface area contributed by atoms with E-state index >= 15 is 0 Å². The molecule has 2 heterocycles. The Hall–Kier alpha value is -1.91. The van der Waals surface area contributed by atoms with Crippen molar-refractivity contribution in [2.24, 2.45) is 0 Å². The van der Waals surface area contributed by atoms with Crippen LogP contribution in [0.15, 0.2) is 24.7 Å². The van der Waals surface area contributed by atoms with Gasteiger partial charge in [-0.05, 0) is 18.9 Å². The van der Waals surface area contributed by atoms with Crippen LogP contribution in [0, 0.1) is 0 Å². The maximum absolute atomic E-state index is 11.6. The monoisotopic (exact) mass is 274 g/mol. The van der Waals surface area contributed by atoms with Crippen molar-refractivity contribution in [2.75, 3.05) is 0 Å². The van der Waals surface area contributed by atoms with E-state index in [0.29, 0.717) is 24.6 Å². The van der Waals surface area contributed by atoms with E-state index < -0.39 is 0 Å². The fourth-order valence-electron chi connectivity index (χ4n) is 2.29. The molecule has 0 bridgehead atoms. The van der Waals surface area contributed by atoms with E-state index in [1.165, 1.54) is 0 Å². The smallest absolute Gasteiger partial charge is 0.165 e. The van der Waals surface area contributed by atoms with Crippen LogP contribution in [0.5, 0.6) is 0 Å². The zero-order valence-electron chi connectivity index (χ0n) is 12.4. The minimum absolute atomic E-state index is 0.124. The van der Waals surface area contributed by atoms with Crippen LogP contribution in [0.2, 0.25) is 0 Å². The molecule has 0 N–H and O–H groups in total. The van der Waals surface area contributed by atoms with E-state index in [2.05, 4.69) is 24.0 Å². The fraction of sp³-hybridized carbons (Fsp3) is 0.533. The Morgan fingerprint density at radius 2 is 2.05 bits per heavy atom. The SMILES string of the molecule is CCC(=O)c1cnn(Cc2ccn(C(CC)CC)n2)c1. The highest BCUT2D eigenvalue weighted by atomic mass is 16.1. The average Bonchev–Trinajstić information content (AvgIpc) is 3.10. The molecule has 2 rings (SSSR count). The van der Waals surface area contributed by atoms with Gasteiger partial charge >= 0.3 is 0 Å². The summed E-state index contributed by atoms with van der Waals surface area (Å²) in [5.41, 5.74) is 1.64.